The molecule has 3 heteroatoms. The van der Waals surface area contributed by atoms with Crippen molar-refractivity contribution in [2.45, 2.75) is 60.3 Å². The van der Waals surface area contributed by atoms with Crippen LogP contribution in [0.2, 0.25) is 0 Å². The smallest absolute Gasteiger partial charge is 0.254 e. The van der Waals surface area contributed by atoms with Gasteiger partial charge in [-0.1, -0.05) is 51.0 Å². The molecular formula is C19H29NO2. The van der Waals surface area contributed by atoms with E-state index >= 15 is 0 Å². The first-order chi connectivity index (χ1) is 10.4. The standard InChI is InChI=1S/C19H29NO2/c1-6-8-16-17(20-19(22)15(5)18(16)21)12-11-14(4)10-7-9-13(2)3/h7,9,11,13H,6,8,10,12H2,1-5H3,(H2,20,21,22)/b9-7+,14-11+. The third-order valence-corrected chi connectivity index (χ3v) is 3.73. The maximum Gasteiger partial charge on any atom is 0.254 e. The first-order valence-electron chi connectivity index (χ1n) is 8.12. The molecule has 0 fully saturated rings. The molecule has 122 valence electrons. The summed E-state index contributed by atoms with van der Waals surface area (Å²) in [5.74, 6) is 0.723. The Morgan fingerprint density at radius 1 is 1.36 bits per heavy atom. The quantitative estimate of drug-likeness (QED) is 0.732. The highest BCUT2D eigenvalue weighted by Crippen LogP contribution is 2.23. The zero-order valence-corrected chi connectivity index (χ0v) is 14.5. The van der Waals surface area contributed by atoms with Gasteiger partial charge in [-0.25, -0.2) is 0 Å². The van der Waals surface area contributed by atoms with Crippen LogP contribution in [0.5, 0.6) is 5.75 Å². The topological polar surface area (TPSA) is 53.1 Å². The minimum absolute atomic E-state index is 0.159. The molecule has 0 spiro atoms. The minimum Gasteiger partial charge on any atom is -0.507 e. The molecule has 0 saturated carbocycles. The number of rotatable bonds is 7. The van der Waals surface area contributed by atoms with Gasteiger partial charge in [0.15, 0.2) is 0 Å². The molecule has 0 aromatic carbocycles. The van der Waals surface area contributed by atoms with E-state index in [1.54, 1.807) is 6.92 Å². The average Bonchev–Trinajstić information content (AvgIpc) is 2.46. The Morgan fingerprint density at radius 3 is 2.64 bits per heavy atom. The molecule has 0 aliphatic rings. The summed E-state index contributed by atoms with van der Waals surface area (Å²) in [4.78, 5) is 14.8. The van der Waals surface area contributed by atoms with Gasteiger partial charge in [0.2, 0.25) is 0 Å². The molecule has 3 nitrogen and oxygen atoms in total. The number of allylic oxidation sites excluding steroid dienone is 4. The molecule has 0 saturated heterocycles. The lowest BCUT2D eigenvalue weighted by atomic mass is 10.0. The fourth-order valence-electron chi connectivity index (χ4n) is 2.36. The fourth-order valence-corrected chi connectivity index (χ4v) is 2.36. The van der Waals surface area contributed by atoms with Gasteiger partial charge in [0, 0.05) is 17.7 Å². The maximum atomic E-state index is 11.9. The maximum absolute atomic E-state index is 11.9. The molecule has 0 bridgehead atoms. The molecule has 1 heterocycles. The molecule has 0 aliphatic heterocycles. The monoisotopic (exact) mass is 303 g/mol. The lowest BCUT2D eigenvalue weighted by Crippen LogP contribution is -2.15. The van der Waals surface area contributed by atoms with Crippen LogP contribution < -0.4 is 5.56 Å². The summed E-state index contributed by atoms with van der Waals surface area (Å²) >= 11 is 0. The summed E-state index contributed by atoms with van der Waals surface area (Å²) in [5, 5.41) is 10.2. The number of aromatic amines is 1. The van der Waals surface area contributed by atoms with Crippen LogP contribution in [0.15, 0.2) is 28.6 Å². The first-order valence-corrected chi connectivity index (χ1v) is 8.12. The van der Waals surface area contributed by atoms with E-state index in [4.69, 9.17) is 0 Å². The molecule has 0 aliphatic carbocycles. The van der Waals surface area contributed by atoms with Crippen molar-refractivity contribution in [2.24, 2.45) is 5.92 Å². The zero-order valence-electron chi connectivity index (χ0n) is 14.5. The van der Waals surface area contributed by atoms with Gasteiger partial charge in [-0.2, -0.15) is 0 Å². The van der Waals surface area contributed by atoms with E-state index < -0.39 is 0 Å². The second kappa shape index (κ2) is 8.62. The predicted molar refractivity (Wildman–Crippen MR) is 93.5 cm³/mol. The van der Waals surface area contributed by atoms with E-state index in [9.17, 15) is 9.90 Å². The van der Waals surface area contributed by atoms with Gasteiger partial charge in [0.25, 0.3) is 5.56 Å². The first kappa shape index (κ1) is 18.3. The predicted octanol–water partition coefficient (Wildman–Crippen LogP) is 4.43. The zero-order chi connectivity index (χ0) is 16.7. The number of hydrogen-bond donors (Lipinski definition) is 2. The van der Waals surface area contributed by atoms with Crippen LogP contribution in [-0.2, 0) is 12.8 Å². The number of H-pyrrole nitrogens is 1. The summed E-state index contributed by atoms with van der Waals surface area (Å²) in [6, 6.07) is 0. The van der Waals surface area contributed by atoms with E-state index in [0.717, 1.165) is 30.5 Å². The molecule has 0 radical (unpaired) electrons. The van der Waals surface area contributed by atoms with Gasteiger partial charge in [-0.15, -0.1) is 0 Å². The molecule has 1 aromatic heterocycles. The van der Waals surface area contributed by atoms with Crippen molar-refractivity contribution < 1.29 is 5.11 Å². The fraction of sp³-hybridized carbons (Fsp3) is 0.526. The molecule has 1 rings (SSSR count). The van der Waals surface area contributed by atoms with Crippen molar-refractivity contribution >= 4 is 0 Å². The summed E-state index contributed by atoms with van der Waals surface area (Å²) in [6.07, 6.45) is 9.79. The van der Waals surface area contributed by atoms with Crippen LogP contribution in [0.1, 0.15) is 57.4 Å². The lowest BCUT2D eigenvalue weighted by Gasteiger charge is -2.11. The van der Waals surface area contributed by atoms with Gasteiger partial charge in [-0.05, 0) is 32.6 Å². The Balaban J connectivity index is 2.95. The van der Waals surface area contributed by atoms with Gasteiger partial charge in [0.1, 0.15) is 5.75 Å². The normalized spacial score (nSPS) is 12.5. The van der Waals surface area contributed by atoms with Crippen molar-refractivity contribution in [1.29, 1.82) is 0 Å². The van der Waals surface area contributed by atoms with Crippen molar-refractivity contribution in [2.75, 3.05) is 0 Å². The van der Waals surface area contributed by atoms with Crippen LogP contribution >= 0.6 is 0 Å². The minimum atomic E-state index is -0.196. The number of pyridine rings is 1. The number of aromatic hydroxyl groups is 1. The van der Waals surface area contributed by atoms with Crippen LogP contribution in [-0.4, -0.2) is 10.1 Å². The second-order valence-electron chi connectivity index (χ2n) is 6.27. The Kier molecular flexibility index (Phi) is 7.16. The van der Waals surface area contributed by atoms with Gasteiger partial charge >= 0.3 is 0 Å². The highest BCUT2D eigenvalue weighted by Gasteiger charge is 2.12. The van der Waals surface area contributed by atoms with E-state index in [0.29, 0.717) is 17.9 Å². The average molecular weight is 303 g/mol. The number of hydrogen-bond acceptors (Lipinski definition) is 2. The number of nitrogens with one attached hydrogen (secondary N) is 1. The Bertz CT molecular complexity index is 607. The highest BCUT2D eigenvalue weighted by molar-refractivity contribution is 5.41. The Labute approximate surface area is 133 Å². The van der Waals surface area contributed by atoms with Crippen LogP contribution in [0.4, 0.5) is 0 Å². The molecule has 22 heavy (non-hydrogen) atoms. The second-order valence-corrected chi connectivity index (χ2v) is 6.27. The molecule has 0 amide bonds. The van der Waals surface area contributed by atoms with Crippen molar-refractivity contribution in [3.63, 3.8) is 0 Å². The lowest BCUT2D eigenvalue weighted by molar-refractivity contribution is 0.459. The largest absolute Gasteiger partial charge is 0.507 e. The third kappa shape index (κ3) is 5.21. The molecular weight excluding hydrogens is 274 g/mol. The molecule has 0 atom stereocenters. The van der Waals surface area contributed by atoms with Gasteiger partial charge in [0.05, 0.1) is 5.56 Å². The molecule has 1 aromatic rings. The van der Waals surface area contributed by atoms with Crippen LogP contribution in [0, 0.1) is 12.8 Å². The highest BCUT2D eigenvalue weighted by atomic mass is 16.3. The third-order valence-electron chi connectivity index (χ3n) is 3.73. The molecule has 2 N–H and O–H groups in total. The Hall–Kier alpha value is -1.77. The van der Waals surface area contributed by atoms with Crippen molar-refractivity contribution in [3.05, 3.63) is 51.0 Å². The van der Waals surface area contributed by atoms with E-state index in [-0.39, 0.29) is 11.3 Å². The SMILES string of the molecule is CCCc1c(C/C=C(\C)C/C=C/C(C)C)[nH]c(=O)c(C)c1O. The Morgan fingerprint density at radius 2 is 2.05 bits per heavy atom. The molecule has 0 unspecified atom stereocenters. The van der Waals surface area contributed by atoms with Gasteiger partial charge in [-0.3, -0.25) is 4.79 Å². The summed E-state index contributed by atoms with van der Waals surface area (Å²) < 4.78 is 0. The van der Waals surface area contributed by atoms with Crippen LogP contribution in [0.25, 0.3) is 0 Å². The van der Waals surface area contributed by atoms with Gasteiger partial charge < -0.3 is 10.1 Å². The van der Waals surface area contributed by atoms with Crippen LogP contribution in [0.3, 0.4) is 0 Å². The van der Waals surface area contributed by atoms with E-state index in [2.05, 4.69) is 50.9 Å². The summed E-state index contributed by atoms with van der Waals surface area (Å²) in [5.41, 5.74) is 3.19. The van der Waals surface area contributed by atoms with Crippen molar-refractivity contribution in [1.82, 2.24) is 4.98 Å². The number of aromatic nitrogens is 1. The van der Waals surface area contributed by atoms with E-state index in [1.807, 2.05) is 0 Å². The van der Waals surface area contributed by atoms with E-state index in [1.165, 1.54) is 5.57 Å². The summed E-state index contributed by atoms with van der Waals surface area (Å²) in [6.45, 7) is 10.1. The van der Waals surface area contributed by atoms with Crippen molar-refractivity contribution in [3.8, 4) is 5.75 Å². The summed E-state index contributed by atoms with van der Waals surface area (Å²) in [7, 11) is 0.